The van der Waals surface area contributed by atoms with Gasteiger partial charge in [0.25, 0.3) is 5.91 Å². The third kappa shape index (κ3) is 5.67. The molecule has 8 heteroatoms. The molecule has 1 unspecified atom stereocenters. The molecule has 0 aromatic heterocycles. The van der Waals surface area contributed by atoms with E-state index in [9.17, 15) is 18.0 Å². The molecule has 0 saturated carbocycles. The third-order valence-electron chi connectivity index (χ3n) is 6.36. The van der Waals surface area contributed by atoms with Crippen LogP contribution in [0.1, 0.15) is 68.1 Å². The van der Waals surface area contributed by atoms with Gasteiger partial charge < -0.3 is 10.6 Å². The number of aryl methyl sites for hydroxylation is 1. The molecule has 2 aromatic rings. The van der Waals surface area contributed by atoms with Crippen LogP contribution in [-0.4, -0.2) is 43.7 Å². The monoisotopic (exact) mass is 485 g/mol. The molecule has 0 spiro atoms. The molecule has 7 nitrogen and oxygen atoms in total. The van der Waals surface area contributed by atoms with Crippen LogP contribution in [0.15, 0.2) is 53.4 Å². The van der Waals surface area contributed by atoms with E-state index in [0.717, 1.165) is 24.8 Å². The van der Waals surface area contributed by atoms with E-state index in [1.54, 1.807) is 26.0 Å². The SMILES string of the molecule is CCN(CC)S(=O)(=O)c1cccc(C(=O)N[C@@H](C(=O)NC2CCCc3ccccc32)C(C)C)c1. The average Bonchev–Trinajstić information content (AvgIpc) is 2.83. The van der Waals surface area contributed by atoms with Crippen molar-refractivity contribution in [3.05, 3.63) is 65.2 Å². The first kappa shape index (κ1) is 25.9. The zero-order chi connectivity index (χ0) is 24.9. The van der Waals surface area contributed by atoms with Crippen LogP contribution >= 0.6 is 0 Å². The van der Waals surface area contributed by atoms with Crippen LogP contribution in [0.25, 0.3) is 0 Å². The maximum absolute atomic E-state index is 13.2. The maximum atomic E-state index is 13.2. The number of carbonyl (C=O) groups is 2. The summed E-state index contributed by atoms with van der Waals surface area (Å²) in [6.07, 6.45) is 2.85. The number of nitrogens with zero attached hydrogens (tertiary/aromatic N) is 1. The van der Waals surface area contributed by atoms with Gasteiger partial charge >= 0.3 is 0 Å². The minimum absolute atomic E-state index is 0.0632. The molecule has 1 aliphatic carbocycles. The lowest BCUT2D eigenvalue weighted by atomic mass is 9.87. The van der Waals surface area contributed by atoms with E-state index in [0.29, 0.717) is 13.1 Å². The van der Waals surface area contributed by atoms with Gasteiger partial charge in [0.1, 0.15) is 6.04 Å². The number of carbonyl (C=O) groups excluding carboxylic acids is 2. The zero-order valence-electron chi connectivity index (χ0n) is 20.4. The number of nitrogens with one attached hydrogen (secondary N) is 2. The van der Waals surface area contributed by atoms with Gasteiger partial charge in [0.15, 0.2) is 0 Å². The molecular formula is C26H35N3O4S. The molecule has 2 N–H and O–H groups in total. The summed E-state index contributed by atoms with van der Waals surface area (Å²) in [4.78, 5) is 26.3. The number of benzene rings is 2. The van der Waals surface area contributed by atoms with Gasteiger partial charge in [-0.25, -0.2) is 8.42 Å². The van der Waals surface area contributed by atoms with Gasteiger partial charge in [-0.3, -0.25) is 9.59 Å². The van der Waals surface area contributed by atoms with Crippen LogP contribution in [0.3, 0.4) is 0 Å². The van der Waals surface area contributed by atoms with Crippen molar-refractivity contribution in [2.24, 2.45) is 5.92 Å². The summed E-state index contributed by atoms with van der Waals surface area (Å²) < 4.78 is 27.1. The van der Waals surface area contributed by atoms with Crippen LogP contribution in [0.4, 0.5) is 0 Å². The Morgan fingerprint density at radius 3 is 2.44 bits per heavy atom. The summed E-state index contributed by atoms with van der Waals surface area (Å²) in [5.41, 5.74) is 2.58. The van der Waals surface area contributed by atoms with Crippen molar-refractivity contribution < 1.29 is 18.0 Å². The Bertz CT molecular complexity index is 1130. The van der Waals surface area contributed by atoms with Gasteiger partial charge in [-0.15, -0.1) is 0 Å². The molecule has 2 atom stereocenters. The number of amides is 2. The van der Waals surface area contributed by atoms with E-state index in [1.807, 2.05) is 32.0 Å². The lowest BCUT2D eigenvalue weighted by molar-refractivity contribution is -0.124. The smallest absolute Gasteiger partial charge is 0.251 e. The Morgan fingerprint density at radius 2 is 1.76 bits per heavy atom. The number of rotatable bonds is 9. The molecule has 0 aliphatic heterocycles. The van der Waals surface area contributed by atoms with Crippen molar-refractivity contribution in [3.8, 4) is 0 Å². The molecule has 0 fully saturated rings. The molecule has 1 aliphatic rings. The molecule has 34 heavy (non-hydrogen) atoms. The molecule has 3 rings (SSSR count). The number of hydrogen-bond donors (Lipinski definition) is 2. The van der Waals surface area contributed by atoms with Crippen LogP contribution < -0.4 is 10.6 Å². The predicted molar refractivity (Wildman–Crippen MR) is 133 cm³/mol. The van der Waals surface area contributed by atoms with Gasteiger partial charge in [-0.2, -0.15) is 4.31 Å². The first-order chi connectivity index (χ1) is 16.2. The van der Waals surface area contributed by atoms with Crippen molar-refractivity contribution in [1.29, 1.82) is 0 Å². The average molecular weight is 486 g/mol. The third-order valence-corrected chi connectivity index (χ3v) is 8.41. The Kier molecular flexibility index (Phi) is 8.49. The van der Waals surface area contributed by atoms with Crippen molar-refractivity contribution in [2.75, 3.05) is 13.1 Å². The molecule has 0 radical (unpaired) electrons. The van der Waals surface area contributed by atoms with Crippen LogP contribution in [0.5, 0.6) is 0 Å². The Balaban J connectivity index is 1.77. The minimum Gasteiger partial charge on any atom is -0.347 e. The summed E-state index contributed by atoms with van der Waals surface area (Å²) in [7, 11) is -3.69. The molecule has 2 aromatic carbocycles. The molecule has 0 saturated heterocycles. The summed E-state index contributed by atoms with van der Waals surface area (Å²) in [5, 5.41) is 5.95. The fraction of sp³-hybridized carbons (Fsp3) is 0.462. The number of fused-ring (bicyclic) bond motifs is 1. The summed E-state index contributed by atoms with van der Waals surface area (Å²) in [6.45, 7) is 7.98. The highest BCUT2D eigenvalue weighted by atomic mass is 32.2. The zero-order valence-corrected chi connectivity index (χ0v) is 21.2. The maximum Gasteiger partial charge on any atom is 0.251 e. The normalized spacial score (nSPS) is 16.7. The molecular weight excluding hydrogens is 450 g/mol. The molecule has 184 valence electrons. The van der Waals surface area contributed by atoms with Crippen molar-refractivity contribution in [3.63, 3.8) is 0 Å². The predicted octanol–water partition coefficient (Wildman–Crippen LogP) is 3.67. The second kappa shape index (κ2) is 11.1. The first-order valence-electron chi connectivity index (χ1n) is 12.0. The number of hydrogen-bond acceptors (Lipinski definition) is 4. The minimum atomic E-state index is -3.69. The Hall–Kier alpha value is -2.71. The van der Waals surface area contributed by atoms with Gasteiger partial charge in [-0.1, -0.05) is 58.0 Å². The first-order valence-corrected chi connectivity index (χ1v) is 13.4. The van der Waals surface area contributed by atoms with E-state index in [4.69, 9.17) is 0 Å². The molecule has 2 amide bonds. The fourth-order valence-electron chi connectivity index (χ4n) is 4.44. The van der Waals surface area contributed by atoms with Crippen molar-refractivity contribution in [2.45, 2.75) is 63.9 Å². The van der Waals surface area contributed by atoms with E-state index in [-0.39, 0.29) is 28.3 Å². The van der Waals surface area contributed by atoms with E-state index < -0.39 is 22.0 Å². The highest BCUT2D eigenvalue weighted by Gasteiger charge is 2.29. The summed E-state index contributed by atoms with van der Waals surface area (Å²) >= 11 is 0. The van der Waals surface area contributed by atoms with Crippen molar-refractivity contribution >= 4 is 21.8 Å². The summed E-state index contributed by atoms with van der Waals surface area (Å²) in [6, 6.07) is 13.3. The van der Waals surface area contributed by atoms with E-state index in [2.05, 4.69) is 16.7 Å². The highest BCUT2D eigenvalue weighted by molar-refractivity contribution is 7.89. The standard InChI is InChI=1S/C26H35N3O4S/c1-5-29(6-2)34(32,33)21-14-9-13-20(17-21)25(30)28-24(18(3)4)26(31)27-23-16-10-12-19-11-7-8-15-22(19)23/h7-9,11,13-15,17-18,23-24H,5-6,10,12,16H2,1-4H3,(H,27,31)(H,28,30)/t23?,24-/m1/s1. The lowest BCUT2D eigenvalue weighted by Gasteiger charge is -2.29. The lowest BCUT2D eigenvalue weighted by Crippen LogP contribution is -2.50. The Labute approximate surface area is 203 Å². The Morgan fingerprint density at radius 1 is 1.06 bits per heavy atom. The molecule has 0 heterocycles. The van der Waals surface area contributed by atoms with E-state index >= 15 is 0 Å². The second-order valence-electron chi connectivity index (χ2n) is 8.96. The quantitative estimate of drug-likeness (QED) is 0.567. The summed E-state index contributed by atoms with van der Waals surface area (Å²) in [5.74, 6) is -0.864. The topological polar surface area (TPSA) is 95.6 Å². The van der Waals surface area contributed by atoms with Gasteiger partial charge in [0.05, 0.1) is 10.9 Å². The van der Waals surface area contributed by atoms with Crippen molar-refractivity contribution in [1.82, 2.24) is 14.9 Å². The van der Waals surface area contributed by atoms with E-state index in [1.165, 1.54) is 22.0 Å². The highest BCUT2D eigenvalue weighted by Crippen LogP contribution is 2.29. The fourth-order valence-corrected chi connectivity index (χ4v) is 5.94. The largest absolute Gasteiger partial charge is 0.347 e. The van der Waals surface area contributed by atoms with Gasteiger partial charge in [-0.05, 0) is 54.5 Å². The van der Waals surface area contributed by atoms with Gasteiger partial charge in [0, 0.05) is 18.7 Å². The van der Waals surface area contributed by atoms with Crippen LogP contribution in [-0.2, 0) is 21.2 Å². The number of sulfonamides is 1. The van der Waals surface area contributed by atoms with Crippen LogP contribution in [0, 0.1) is 5.92 Å². The van der Waals surface area contributed by atoms with Crippen LogP contribution in [0.2, 0.25) is 0 Å². The van der Waals surface area contributed by atoms with Gasteiger partial charge in [0.2, 0.25) is 15.9 Å². The second-order valence-corrected chi connectivity index (χ2v) is 10.9. The molecule has 0 bridgehead atoms.